The van der Waals surface area contributed by atoms with Crippen molar-refractivity contribution in [2.45, 2.75) is 131 Å². The fourth-order valence-corrected chi connectivity index (χ4v) is 6.00. The second-order valence-electron chi connectivity index (χ2n) is 14.5. The summed E-state index contributed by atoms with van der Waals surface area (Å²) in [5.41, 5.74) is 5.70. The molecule has 0 spiro atoms. The number of hydrogen-bond acceptors (Lipinski definition) is 7. The minimum atomic E-state index is -1.33. The Hall–Kier alpha value is -3.48. The third kappa shape index (κ3) is 13.1. The summed E-state index contributed by atoms with van der Waals surface area (Å²) >= 11 is 0. The minimum absolute atomic E-state index is 0.0197. The number of primary amides is 1. The van der Waals surface area contributed by atoms with E-state index >= 15 is 0 Å². The number of allylic oxidation sites excluding steroid dienone is 2. The molecule has 0 saturated carbocycles. The summed E-state index contributed by atoms with van der Waals surface area (Å²) in [4.78, 5) is 85.7. The van der Waals surface area contributed by atoms with E-state index in [9.17, 15) is 33.9 Å². The smallest absolute Gasteiger partial charge is 0.246 e. The van der Waals surface area contributed by atoms with Crippen LogP contribution in [0.15, 0.2) is 12.2 Å². The standard InChI is InChI=1S/C36H66N6O7/c1-15-17-18-24(9)31(44)30(32(37)45)42(14)36(49)29(23(7)8)41(13)35(48)27(20-22(5)6)40(12)34(47)26(19-21(3)4)39(11)33(46)25(10)38-28(43)16-2/h15,17,21-27,29-31,44H,16,18-20H2,1-14H3,(H2,37,45)(H,38,43)/b17-15+/t24-,25-,26+,27+,29+,30+,31-/m1/s1. The lowest BCUT2D eigenvalue weighted by molar-refractivity contribution is -0.157. The molecule has 0 radical (unpaired) electrons. The van der Waals surface area contributed by atoms with Gasteiger partial charge in [0.05, 0.1) is 6.10 Å². The lowest BCUT2D eigenvalue weighted by Crippen LogP contribution is -2.62. The lowest BCUT2D eigenvalue weighted by Gasteiger charge is -2.41. The molecule has 0 fully saturated rings. The molecule has 4 N–H and O–H groups in total. The van der Waals surface area contributed by atoms with Crippen LogP contribution in [0.2, 0.25) is 0 Å². The number of nitrogens with two attached hydrogens (primary N) is 1. The molecule has 0 aliphatic rings. The summed E-state index contributed by atoms with van der Waals surface area (Å²) in [6.45, 7) is 18.1. The number of nitrogens with zero attached hydrogens (tertiary/aromatic N) is 4. The predicted molar refractivity (Wildman–Crippen MR) is 192 cm³/mol. The summed E-state index contributed by atoms with van der Waals surface area (Å²) in [6.07, 6.45) is 3.71. The van der Waals surface area contributed by atoms with E-state index in [2.05, 4.69) is 5.32 Å². The quantitative estimate of drug-likeness (QED) is 0.164. The zero-order valence-corrected chi connectivity index (χ0v) is 32.5. The van der Waals surface area contributed by atoms with Gasteiger partial charge in [0.2, 0.25) is 35.4 Å². The maximum atomic E-state index is 14.4. The van der Waals surface area contributed by atoms with Gasteiger partial charge in [0.1, 0.15) is 30.2 Å². The van der Waals surface area contributed by atoms with Gasteiger partial charge in [-0.05, 0) is 56.8 Å². The number of carbonyl (C=O) groups excluding carboxylic acids is 6. The van der Waals surface area contributed by atoms with Crippen molar-refractivity contribution in [2.24, 2.45) is 29.4 Å². The minimum Gasteiger partial charge on any atom is -0.390 e. The van der Waals surface area contributed by atoms with E-state index in [0.29, 0.717) is 12.8 Å². The predicted octanol–water partition coefficient (Wildman–Crippen LogP) is 2.41. The van der Waals surface area contributed by atoms with E-state index in [1.54, 1.807) is 34.6 Å². The number of aliphatic hydroxyl groups excluding tert-OH is 1. The number of aliphatic hydroxyl groups is 1. The van der Waals surface area contributed by atoms with E-state index in [1.807, 2.05) is 46.8 Å². The normalized spacial score (nSPS) is 16.0. The molecule has 0 aliphatic heterocycles. The van der Waals surface area contributed by atoms with Crippen molar-refractivity contribution >= 4 is 35.4 Å². The molecule has 0 aromatic heterocycles. The Balaban J connectivity index is 6.62. The van der Waals surface area contributed by atoms with E-state index in [0.717, 1.165) is 4.90 Å². The van der Waals surface area contributed by atoms with E-state index < -0.39 is 71.8 Å². The van der Waals surface area contributed by atoms with Gasteiger partial charge >= 0.3 is 0 Å². The van der Waals surface area contributed by atoms with Crippen molar-refractivity contribution in [1.82, 2.24) is 24.9 Å². The molecule has 0 bridgehead atoms. The van der Waals surface area contributed by atoms with Gasteiger partial charge in [-0.1, -0.05) is 67.5 Å². The Bertz CT molecular complexity index is 1160. The molecule has 0 aliphatic carbocycles. The summed E-state index contributed by atoms with van der Waals surface area (Å²) in [5, 5.41) is 13.7. The van der Waals surface area contributed by atoms with Crippen LogP contribution in [0, 0.1) is 23.7 Å². The molecular formula is C36H66N6O7. The van der Waals surface area contributed by atoms with Crippen LogP contribution in [-0.4, -0.2) is 125 Å². The average molecular weight is 695 g/mol. The van der Waals surface area contributed by atoms with Gasteiger partial charge in [0.15, 0.2) is 0 Å². The first-order valence-corrected chi connectivity index (χ1v) is 17.5. The molecule has 0 aromatic carbocycles. The molecule has 13 nitrogen and oxygen atoms in total. The number of hydrogen-bond donors (Lipinski definition) is 3. The third-order valence-corrected chi connectivity index (χ3v) is 9.01. The number of rotatable bonds is 20. The third-order valence-electron chi connectivity index (χ3n) is 9.01. The number of nitrogens with one attached hydrogen (secondary N) is 1. The largest absolute Gasteiger partial charge is 0.390 e. The number of likely N-dealkylation sites (N-methyl/N-ethyl adjacent to an activating group) is 4. The van der Waals surface area contributed by atoms with Crippen LogP contribution >= 0.6 is 0 Å². The molecule has 0 rings (SSSR count). The van der Waals surface area contributed by atoms with Gasteiger partial charge in [-0.25, -0.2) is 0 Å². The molecule has 0 heterocycles. The summed E-state index contributed by atoms with van der Waals surface area (Å²) in [5.74, 6) is -3.88. The Labute approximate surface area is 295 Å². The monoisotopic (exact) mass is 694 g/mol. The number of carbonyl (C=O) groups is 6. The Morgan fingerprint density at radius 3 is 1.51 bits per heavy atom. The average Bonchev–Trinajstić information content (AvgIpc) is 3.02. The summed E-state index contributed by atoms with van der Waals surface area (Å²) < 4.78 is 0. The molecular weight excluding hydrogens is 628 g/mol. The first-order chi connectivity index (χ1) is 22.6. The lowest BCUT2D eigenvalue weighted by atomic mass is 9.92. The SMILES string of the molecule is C/C=C/C[C@@H](C)[C@@H](O)[C@@H](C(N)=O)N(C)C(=O)[C@H](C(C)C)N(C)C(=O)[C@H](CC(C)C)N(C)C(=O)[C@H](CC(C)C)N(C)C(=O)[C@@H](C)NC(=O)CC. The molecule has 6 amide bonds. The second kappa shape index (κ2) is 20.9. The van der Waals surface area contributed by atoms with Crippen molar-refractivity contribution in [3.05, 3.63) is 12.2 Å². The Kier molecular flexibility index (Phi) is 19.4. The van der Waals surface area contributed by atoms with Crippen LogP contribution in [0.4, 0.5) is 0 Å². The molecule has 0 saturated heterocycles. The summed E-state index contributed by atoms with van der Waals surface area (Å²) in [7, 11) is 5.94. The van der Waals surface area contributed by atoms with Gasteiger partial charge in [-0.2, -0.15) is 0 Å². The molecule has 7 atom stereocenters. The van der Waals surface area contributed by atoms with Crippen molar-refractivity contribution in [3.8, 4) is 0 Å². The van der Waals surface area contributed by atoms with Crippen LogP contribution in [0.5, 0.6) is 0 Å². The van der Waals surface area contributed by atoms with Crippen molar-refractivity contribution in [2.75, 3.05) is 28.2 Å². The molecule has 13 heteroatoms. The fourth-order valence-electron chi connectivity index (χ4n) is 6.00. The Morgan fingerprint density at radius 2 is 1.12 bits per heavy atom. The van der Waals surface area contributed by atoms with Gasteiger partial charge in [0.25, 0.3) is 0 Å². The molecule has 282 valence electrons. The maximum Gasteiger partial charge on any atom is 0.246 e. The second-order valence-corrected chi connectivity index (χ2v) is 14.5. The first kappa shape index (κ1) is 45.5. The van der Waals surface area contributed by atoms with Gasteiger partial charge in [-0.15, -0.1) is 0 Å². The van der Waals surface area contributed by atoms with Crippen molar-refractivity contribution in [3.63, 3.8) is 0 Å². The molecule has 0 unspecified atom stereocenters. The zero-order chi connectivity index (χ0) is 38.5. The van der Waals surface area contributed by atoms with Gasteiger partial charge in [-0.3, -0.25) is 28.8 Å². The van der Waals surface area contributed by atoms with Gasteiger partial charge in [0, 0.05) is 34.6 Å². The highest BCUT2D eigenvalue weighted by Crippen LogP contribution is 2.24. The zero-order valence-electron chi connectivity index (χ0n) is 32.5. The maximum absolute atomic E-state index is 14.4. The fraction of sp³-hybridized carbons (Fsp3) is 0.778. The molecule has 0 aromatic rings. The van der Waals surface area contributed by atoms with Crippen LogP contribution in [0.25, 0.3) is 0 Å². The summed E-state index contributed by atoms with van der Waals surface area (Å²) in [6, 6.07) is -5.13. The highest BCUT2D eigenvalue weighted by Gasteiger charge is 2.43. The highest BCUT2D eigenvalue weighted by atomic mass is 16.3. The topological polar surface area (TPSA) is 174 Å². The van der Waals surface area contributed by atoms with E-state index in [1.165, 1.54) is 42.9 Å². The van der Waals surface area contributed by atoms with Crippen LogP contribution in [0.3, 0.4) is 0 Å². The van der Waals surface area contributed by atoms with E-state index in [-0.39, 0.29) is 36.5 Å². The van der Waals surface area contributed by atoms with Crippen molar-refractivity contribution in [1.29, 1.82) is 0 Å². The van der Waals surface area contributed by atoms with Crippen LogP contribution in [0.1, 0.15) is 94.9 Å². The highest BCUT2D eigenvalue weighted by molar-refractivity contribution is 5.96. The van der Waals surface area contributed by atoms with Crippen LogP contribution in [-0.2, 0) is 28.8 Å². The first-order valence-electron chi connectivity index (χ1n) is 17.5. The van der Waals surface area contributed by atoms with Crippen molar-refractivity contribution < 1.29 is 33.9 Å². The van der Waals surface area contributed by atoms with Gasteiger partial charge < -0.3 is 35.8 Å². The number of amides is 6. The Morgan fingerprint density at radius 1 is 0.694 bits per heavy atom. The van der Waals surface area contributed by atoms with Crippen LogP contribution < -0.4 is 11.1 Å². The molecule has 49 heavy (non-hydrogen) atoms. The van der Waals surface area contributed by atoms with E-state index in [4.69, 9.17) is 5.73 Å².